The largest absolute Gasteiger partial charge is 0.493 e. The smallest absolute Gasteiger partial charge is 0.125 e. The molecule has 0 bridgehead atoms. The third-order valence-electron chi connectivity index (χ3n) is 3.29. The van der Waals surface area contributed by atoms with Gasteiger partial charge < -0.3 is 9.84 Å². The second-order valence-corrected chi connectivity index (χ2v) is 7.20. The van der Waals surface area contributed by atoms with Crippen LogP contribution in [0, 0.1) is 5.41 Å². The molecule has 0 aromatic heterocycles. The summed E-state index contributed by atoms with van der Waals surface area (Å²) in [6, 6.07) is 6.15. The molecule has 1 aromatic rings. The van der Waals surface area contributed by atoms with Crippen molar-refractivity contribution in [2.75, 3.05) is 6.61 Å². The lowest BCUT2D eigenvalue weighted by Gasteiger charge is -2.29. The number of aliphatic hydroxyl groups is 1. The number of aliphatic hydroxyl groups excluding tert-OH is 1. The molecule has 0 heterocycles. The summed E-state index contributed by atoms with van der Waals surface area (Å²) in [6.45, 7) is 15.2. The number of hydrogen-bond acceptors (Lipinski definition) is 2. The van der Waals surface area contributed by atoms with Gasteiger partial charge in [-0.2, -0.15) is 0 Å². The SMILES string of the molecule is CCOc1cc(C(C)(C)C)ccc1C(O)C(C)(C)C. The zero-order valence-electron chi connectivity index (χ0n) is 13.4. The van der Waals surface area contributed by atoms with Crippen LogP contribution in [0.2, 0.25) is 0 Å². The van der Waals surface area contributed by atoms with Crippen LogP contribution in [-0.4, -0.2) is 11.7 Å². The quantitative estimate of drug-likeness (QED) is 0.873. The van der Waals surface area contributed by atoms with Gasteiger partial charge >= 0.3 is 0 Å². The topological polar surface area (TPSA) is 29.5 Å². The molecule has 1 N–H and O–H groups in total. The van der Waals surface area contributed by atoms with Crippen molar-refractivity contribution in [3.8, 4) is 5.75 Å². The van der Waals surface area contributed by atoms with Crippen LogP contribution in [0.15, 0.2) is 18.2 Å². The molecular formula is C17H28O2. The predicted octanol–water partition coefficient (Wildman–Crippen LogP) is 4.46. The monoisotopic (exact) mass is 264 g/mol. The molecule has 1 aromatic carbocycles. The zero-order valence-corrected chi connectivity index (χ0v) is 13.4. The second kappa shape index (κ2) is 5.54. The van der Waals surface area contributed by atoms with Gasteiger partial charge in [0.25, 0.3) is 0 Å². The molecule has 2 nitrogen and oxygen atoms in total. The maximum atomic E-state index is 10.5. The van der Waals surface area contributed by atoms with Crippen molar-refractivity contribution in [3.63, 3.8) is 0 Å². The molecule has 0 saturated carbocycles. The van der Waals surface area contributed by atoms with Gasteiger partial charge in [-0.25, -0.2) is 0 Å². The molecule has 19 heavy (non-hydrogen) atoms. The van der Waals surface area contributed by atoms with Gasteiger partial charge in [0, 0.05) is 5.56 Å². The Morgan fingerprint density at radius 1 is 1.11 bits per heavy atom. The van der Waals surface area contributed by atoms with Crippen LogP contribution >= 0.6 is 0 Å². The van der Waals surface area contributed by atoms with E-state index in [0.717, 1.165) is 11.3 Å². The fraction of sp³-hybridized carbons (Fsp3) is 0.647. The molecule has 0 aliphatic rings. The molecule has 1 atom stereocenters. The Labute approximate surface area is 117 Å². The number of benzene rings is 1. The highest BCUT2D eigenvalue weighted by Crippen LogP contribution is 2.39. The normalized spacial score (nSPS) is 14.3. The van der Waals surface area contributed by atoms with Gasteiger partial charge in [-0.15, -0.1) is 0 Å². The van der Waals surface area contributed by atoms with Gasteiger partial charge in [0.2, 0.25) is 0 Å². The van der Waals surface area contributed by atoms with E-state index in [9.17, 15) is 5.11 Å². The van der Waals surface area contributed by atoms with Crippen LogP contribution in [-0.2, 0) is 5.41 Å². The summed E-state index contributed by atoms with van der Waals surface area (Å²) in [5.74, 6) is 0.803. The predicted molar refractivity (Wildman–Crippen MR) is 80.7 cm³/mol. The first-order chi connectivity index (χ1) is 8.57. The Balaban J connectivity index is 3.26. The standard InChI is InChI=1S/C17H28O2/c1-8-19-14-11-12(16(2,3)4)9-10-13(14)15(18)17(5,6)7/h9-11,15,18H,8H2,1-7H3. The van der Waals surface area contributed by atoms with Crippen LogP contribution < -0.4 is 4.74 Å². The van der Waals surface area contributed by atoms with Crippen molar-refractivity contribution in [1.29, 1.82) is 0 Å². The molecule has 0 radical (unpaired) electrons. The van der Waals surface area contributed by atoms with E-state index in [1.807, 2.05) is 33.8 Å². The molecule has 0 aliphatic carbocycles. The van der Waals surface area contributed by atoms with Crippen LogP contribution in [0.1, 0.15) is 65.7 Å². The highest BCUT2D eigenvalue weighted by molar-refractivity contribution is 5.42. The van der Waals surface area contributed by atoms with Crippen molar-refractivity contribution in [3.05, 3.63) is 29.3 Å². The van der Waals surface area contributed by atoms with Gasteiger partial charge in [-0.3, -0.25) is 0 Å². The van der Waals surface area contributed by atoms with Crippen LogP contribution in [0.25, 0.3) is 0 Å². The maximum absolute atomic E-state index is 10.5. The van der Waals surface area contributed by atoms with E-state index in [2.05, 4.69) is 32.9 Å². The van der Waals surface area contributed by atoms with Gasteiger partial charge in [-0.1, -0.05) is 53.7 Å². The lowest BCUT2D eigenvalue weighted by atomic mass is 9.81. The summed E-state index contributed by atoms with van der Waals surface area (Å²) in [4.78, 5) is 0. The summed E-state index contributed by atoms with van der Waals surface area (Å²) in [7, 11) is 0. The Kier molecular flexibility index (Phi) is 4.67. The van der Waals surface area contributed by atoms with E-state index in [-0.39, 0.29) is 10.8 Å². The molecule has 2 heteroatoms. The first kappa shape index (κ1) is 16.0. The zero-order chi connectivity index (χ0) is 14.8. The van der Waals surface area contributed by atoms with Crippen molar-refractivity contribution in [2.24, 2.45) is 5.41 Å². The summed E-state index contributed by atoms with van der Waals surface area (Å²) in [5, 5.41) is 10.5. The lowest BCUT2D eigenvalue weighted by Crippen LogP contribution is -2.19. The fourth-order valence-corrected chi connectivity index (χ4v) is 1.97. The minimum atomic E-state index is -0.525. The highest BCUT2D eigenvalue weighted by atomic mass is 16.5. The highest BCUT2D eigenvalue weighted by Gasteiger charge is 2.27. The molecule has 0 spiro atoms. The number of rotatable bonds is 3. The molecular weight excluding hydrogens is 236 g/mol. The molecule has 1 unspecified atom stereocenters. The van der Waals surface area contributed by atoms with Crippen molar-refractivity contribution < 1.29 is 9.84 Å². The van der Waals surface area contributed by atoms with Gasteiger partial charge in [0.05, 0.1) is 12.7 Å². The van der Waals surface area contributed by atoms with E-state index < -0.39 is 6.10 Å². The van der Waals surface area contributed by atoms with E-state index in [4.69, 9.17) is 4.74 Å². The minimum Gasteiger partial charge on any atom is -0.493 e. The Morgan fingerprint density at radius 2 is 1.68 bits per heavy atom. The molecule has 0 saturated heterocycles. The van der Waals surface area contributed by atoms with E-state index in [1.165, 1.54) is 5.56 Å². The molecule has 1 rings (SSSR count). The van der Waals surface area contributed by atoms with E-state index >= 15 is 0 Å². The van der Waals surface area contributed by atoms with Gasteiger partial charge in [0.15, 0.2) is 0 Å². The Hall–Kier alpha value is -1.02. The first-order valence-electron chi connectivity index (χ1n) is 7.02. The molecule has 0 fully saturated rings. The fourth-order valence-electron chi connectivity index (χ4n) is 1.97. The number of hydrogen-bond donors (Lipinski definition) is 1. The van der Waals surface area contributed by atoms with E-state index in [0.29, 0.717) is 6.61 Å². The maximum Gasteiger partial charge on any atom is 0.125 e. The van der Waals surface area contributed by atoms with Crippen LogP contribution in [0.3, 0.4) is 0 Å². The summed E-state index contributed by atoms with van der Waals surface area (Å²) < 4.78 is 5.73. The van der Waals surface area contributed by atoms with Crippen LogP contribution in [0.5, 0.6) is 5.75 Å². The second-order valence-electron chi connectivity index (χ2n) is 7.20. The Morgan fingerprint density at radius 3 is 2.11 bits per heavy atom. The molecule has 0 amide bonds. The van der Waals surface area contributed by atoms with Crippen molar-refractivity contribution in [2.45, 2.75) is 60.0 Å². The van der Waals surface area contributed by atoms with Crippen LogP contribution in [0.4, 0.5) is 0 Å². The average molecular weight is 264 g/mol. The molecule has 0 aliphatic heterocycles. The van der Waals surface area contributed by atoms with Gasteiger partial charge in [0.1, 0.15) is 5.75 Å². The number of ether oxygens (including phenoxy) is 1. The lowest BCUT2D eigenvalue weighted by molar-refractivity contribution is 0.0598. The summed E-state index contributed by atoms with van der Waals surface area (Å²) in [6.07, 6.45) is -0.525. The summed E-state index contributed by atoms with van der Waals surface area (Å²) in [5.41, 5.74) is 1.98. The van der Waals surface area contributed by atoms with Crippen molar-refractivity contribution in [1.82, 2.24) is 0 Å². The van der Waals surface area contributed by atoms with Crippen molar-refractivity contribution >= 4 is 0 Å². The minimum absolute atomic E-state index is 0.0804. The summed E-state index contributed by atoms with van der Waals surface area (Å²) >= 11 is 0. The average Bonchev–Trinajstić information content (AvgIpc) is 2.26. The third-order valence-corrected chi connectivity index (χ3v) is 3.29. The third kappa shape index (κ3) is 3.97. The Bertz CT molecular complexity index is 422. The molecule has 108 valence electrons. The first-order valence-corrected chi connectivity index (χ1v) is 7.02. The van der Waals surface area contributed by atoms with Gasteiger partial charge in [-0.05, 0) is 29.4 Å². The van der Waals surface area contributed by atoms with E-state index in [1.54, 1.807) is 0 Å².